The molecule has 0 bridgehead atoms. The molecule has 0 aliphatic heterocycles. The van der Waals surface area contributed by atoms with Crippen molar-refractivity contribution in [3.63, 3.8) is 0 Å². The molecule has 0 aromatic carbocycles. The summed E-state index contributed by atoms with van der Waals surface area (Å²) in [6.07, 6.45) is 3.61. The van der Waals surface area contributed by atoms with Crippen LogP contribution >= 0.6 is 0 Å². The van der Waals surface area contributed by atoms with Crippen LogP contribution in [-0.2, 0) is 0 Å². The van der Waals surface area contributed by atoms with Crippen LogP contribution in [-0.4, -0.2) is 29.5 Å². The molecule has 0 amide bonds. The van der Waals surface area contributed by atoms with Crippen molar-refractivity contribution in [2.45, 2.75) is 12.8 Å². The molecule has 8 heavy (non-hydrogen) atoms. The third-order valence-electron chi connectivity index (χ3n) is 1.06. The van der Waals surface area contributed by atoms with Gasteiger partial charge in [0, 0.05) is 10.2 Å². The minimum Gasteiger partial charge on any atom is -0.330 e. The second kappa shape index (κ2) is 7.14. The van der Waals surface area contributed by atoms with Gasteiger partial charge in [-0.25, -0.2) is 0 Å². The first-order valence-electron chi connectivity index (χ1n) is 3.32. The third kappa shape index (κ3) is 6.14. The Morgan fingerprint density at radius 1 is 1.38 bits per heavy atom. The molecule has 0 atom stereocenters. The van der Waals surface area contributed by atoms with E-state index in [9.17, 15) is 0 Å². The van der Waals surface area contributed by atoms with E-state index in [0.717, 1.165) is 19.5 Å². The van der Waals surface area contributed by atoms with Crippen molar-refractivity contribution in [3.05, 3.63) is 0 Å². The van der Waals surface area contributed by atoms with Crippen LogP contribution in [0, 0.1) is 0 Å². The van der Waals surface area contributed by atoms with E-state index in [4.69, 9.17) is 5.73 Å². The van der Waals surface area contributed by atoms with Crippen molar-refractivity contribution in [1.29, 1.82) is 0 Å². The first-order valence-corrected chi connectivity index (χ1v) is 4.74. The smallest absolute Gasteiger partial charge is 0.0201 e. The summed E-state index contributed by atoms with van der Waals surface area (Å²) in [6.45, 7) is 1.99. The molecule has 50 valence electrons. The van der Waals surface area contributed by atoms with E-state index in [2.05, 4.69) is 5.32 Å². The van der Waals surface area contributed by atoms with Gasteiger partial charge in [-0.05, 0) is 32.1 Å². The molecule has 0 radical (unpaired) electrons. The predicted octanol–water partition coefficient (Wildman–Crippen LogP) is -1.36. The molecule has 0 aromatic rings. The zero-order chi connectivity index (χ0) is 6.24. The summed E-state index contributed by atoms with van der Waals surface area (Å²) in [5.74, 6) is 0. The highest BCUT2D eigenvalue weighted by Gasteiger charge is 1.81. The predicted molar refractivity (Wildman–Crippen MR) is 41.1 cm³/mol. The zero-order valence-corrected chi connectivity index (χ0v) is 7.61. The number of hydrogen-bond donors (Lipinski definition) is 2. The first kappa shape index (κ1) is 8.14. The molecule has 0 heterocycles. The maximum absolute atomic E-state index is 5.29. The Labute approximate surface area is 54.3 Å². The Balaban J connectivity index is 2.53. The van der Waals surface area contributed by atoms with E-state index in [0.29, 0.717) is 0 Å². The summed E-state index contributed by atoms with van der Waals surface area (Å²) >= 11 is 0. The maximum Gasteiger partial charge on any atom is 0.0201 e. The fraction of sp³-hybridized carbons (Fsp3) is 1.00. The van der Waals surface area contributed by atoms with Crippen LogP contribution in [0.1, 0.15) is 12.8 Å². The topological polar surface area (TPSA) is 38.0 Å². The normalized spacial score (nSPS) is 10.1. The van der Waals surface area contributed by atoms with Gasteiger partial charge < -0.3 is 11.1 Å². The molecule has 0 rings (SSSR count). The van der Waals surface area contributed by atoms with Crippen molar-refractivity contribution in [2.75, 3.05) is 19.3 Å². The second-order valence-electron chi connectivity index (χ2n) is 1.85. The van der Waals surface area contributed by atoms with Gasteiger partial charge in [0.15, 0.2) is 0 Å². The van der Waals surface area contributed by atoms with Crippen LogP contribution in [0.2, 0.25) is 0 Å². The highest BCUT2D eigenvalue weighted by atomic mass is 28.1. The second-order valence-corrected chi connectivity index (χ2v) is 2.56. The van der Waals surface area contributed by atoms with Crippen LogP contribution in [0.15, 0.2) is 0 Å². The number of nitrogens with two attached hydrogens (primary N) is 1. The van der Waals surface area contributed by atoms with E-state index in [-0.39, 0.29) is 0 Å². The van der Waals surface area contributed by atoms with Gasteiger partial charge in [-0.3, -0.25) is 0 Å². The van der Waals surface area contributed by atoms with Gasteiger partial charge in [0.2, 0.25) is 0 Å². The fourth-order valence-electron chi connectivity index (χ4n) is 0.571. The minimum absolute atomic E-state index is 0.836. The van der Waals surface area contributed by atoms with Crippen LogP contribution in [0.3, 0.4) is 0 Å². The van der Waals surface area contributed by atoms with Gasteiger partial charge in [-0.2, -0.15) is 0 Å². The summed E-state index contributed by atoms with van der Waals surface area (Å²) in [4.78, 5) is 0. The summed E-state index contributed by atoms with van der Waals surface area (Å²) in [5, 5.41) is 3.29. The van der Waals surface area contributed by atoms with Crippen molar-refractivity contribution in [1.82, 2.24) is 5.32 Å². The lowest BCUT2D eigenvalue weighted by atomic mass is 10.3. The Morgan fingerprint density at radius 2 is 2.12 bits per heavy atom. The quantitative estimate of drug-likeness (QED) is 0.358. The molecule has 0 fully saturated rings. The van der Waals surface area contributed by atoms with Crippen LogP contribution in [0.5, 0.6) is 0 Å². The average Bonchev–Trinajstić information content (AvgIpc) is 1.81. The Morgan fingerprint density at radius 3 is 2.62 bits per heavy atom. The maximum atomic E-state index is 5.29. The first-order chi connectivity index (χ1) is 3.91. The highest BCUT2D eigenvalue weighted by molar-refractivity contribution is 6.08. The molecule has 0 spiro atoms. The van der Waals surface area contributed by atoms with Crippen LogP contribution < -0.4 is 11.1 Å². The zero-order valence-electron chi connectivity index (χ0n) is 5.61. The monoisotopic (exact) mass is 132 g/mol. The molecule has 3 heteroatoms. The van der Waals surface area contributed by atoms with Crippen LogP contribution in [0.4, 0.5) is 0 Å². The summed E-state index contributed by atoms with van der Waals surface area (Å²) in [5.41, 5.74) is 5.29. The Hall–Kier alpha value is 0.137. The lowest BCUT2D eigenvalue weighted by Crippen LogP contribution is -2.17. The van der Waals surface area contributed by atoms with Gasteiger partial charge in [0.05, 0.1) is 0 Å². The van der Waals surface area contributed by atoms with E-state index in [1.54, 1.807) is 0 Å². The van der Waals surface area contributed by atoms with Gasteiger partial charge in [0.25, 0.3) is 0 Å². The van der Waals surface area contributed by atoms with E-state index >= 15 is 0 Å². The average molecular weight is 132 g/mol. The van der Waals surface area contributed by atoms with Crippen molar-refractivity contribution in [3.8, 4) is 0 Å². The minimum atomic E-state index is 0.836. The van der Waals surface area contributed by atoms with Gasteiger partial charge >= 0.3 is 0 Å². The van der Waals surface area contributed by atoms with Gasteiger partial charge in [-0.1, -0.05) is 0 Å². The SMILES string of the molecule is NCCCCNC[SiH3]. The van der Waals surface area contributed by atoms with E-state index in [1.165, 1.54) is 22.8 Å². The Bertz CT molecular complexity index is 35.4. The van der Waals surface area contributed by atoms with Gasteiger partial charge in [0.1, 0.15) is 0 Å². The Kier molecular flexibility index (Phi) is 7.26. The number of unbranched alkanes of at least 4 members (excludes halogenated alkanes) is 1. The highest BCUT2D eigenvalue weighted by Crippen LogP contribution is 1.80. The van der Waals surface area contributed by atoms with E-state index < -0.39 is 0 Å². The molecular formula is C5H16N2Si. The number of hydrogen-bond acceptors (Lipinski definition) is 2. The lowest BCUT2D eigenvalue weighted by molar-refractivity contribution is 0.674. The fourth-order valence-corrected chi connectivity index (χ4v) is 0.925. The number of nitrogens with one attached hydrogen (secondary N) is 1. The lowest BCUT2D eigenvalue weighted by Gasteiger charge is -1.97. The third-order valence-corrected chi connectivity index (χ3v) is 1.56. The standard InChI is InChI=1S/C5H16N2Si/c6-3-1-2-4-7-5-8/h7H,1-6H2,8H3. The summed E-state index contributed by atoms with van der Waals surface area (Å²) in [7, 11) is 1.26. The van der Waals surface area contributed by atoms with Crippen molar-refractivity contribution < 1.29 is 0 Å². The van der Waals surface area contributed by atoms with Crippen molar-refractivity contribution >= 4 is 10.2 Å². The van der Waals surface area contributed by atoms with Crippen molar-refractivity contribution in [2.24, 2.45) is 5.73 Å². The molecule has 0 aromatic heterocycles. The molecule has 2 nitrogen and oxygen atoms in total. The van der Waals surface area contributed by atoms with E-state index in [1.807, 2.05) is 0 Å². The molecule has 0 aliphatic rings. The largest absolute Gasteiger partial charge is 0.330 e. The molecule has 0 unspecified atom stereocenters. The molecular weight excluding hydrogens is 116 g/mol. The molecule has 0 aliphatic carbocycles. The van der Waals surface area contributed by atoms with Crippen LogP contribution in [0.25, 0.3) is 0 Å². The number of rotatable bonds is 5. The molecule has 0 saturated heterocycles. The summed E-state index contributed by atoms with van der Waals surface area (Å²) < 4.78 is 0. The van der Waals surface area contributed by atoms with Gasteiger partial charge in [-0.15, -0.1) is 0 Å². The summed E-state index contributed by atoms with van der Waals surface area (Å²) in [6, 6.07) is 0. The molecule has 0 saturated carbocycles. The molecule has 3 N–H and O–H groups in total.